The standard InChI is InChI=1S/C29H36N4O3/c1-7-20-14-16-22(17-15-20)29(8-2,27(35)36-6)31-26(34)24-19(3)32-33-25(24)30-23(18-28(33,4)5)21-12-10-9-11-13-21/h9-17,23,30H,7-8,18H2,1-6H3,(H,31,34)/t23-,29-/m1/s1. The lowest BCUT2D eigenvalue weighted by atomic mass is 9.85. The number of carbonyl (C=O) groups is 2. The van der Waals surface area contributed by atoms with Crippen molar-refractivity contribution in [2.75, 3.05) is 12.4 Å². The van der Waals surface area contributed by atoms with Crippen molar-refractivity contribution >= 4 is 17.7 Å². The van der Waals surface area contributed by atoms with Crippen molar-refractivity contribution in [2.24, 2.45) is 0 Å². The van der Waals surface area contributed by atoms with E-state index >= 15 is 0 Å². The van der Waals surface area contributed by atoms with Gasteiger partial charge in [-0.25, -0.2) is 9.48 Å². The second-order valence-electron chi connectivity index (χ2n) is 10.1. The minimum atomic E-state index is -1.32. The quantitative estimate of drug-likeness (QED) is 0.444. The van der Waals surface area contributed by atoms with Crippen LogP contribution in [0.2, 0.25) is 0 Å². The number of anilines is 1. The molecule has 1 amide bonds. The number of hydrogen-bond acceptors (Lipinski definition) is 5. The molecular formula is C29H36N4O3. The lowest BCUT2D eigenvalue weighted by Crippen LogP contribution is -2.52. The molecule has 2 aromatic carbocycles. The third-order valence-corrected chi connectivity index (χ3v) is 7.32. The number of aromatic nitrogens is 2. The number of methoxy groups -OCH3 is 1. The molecule has 2 N–H and O–H groups in total. The smallest absolute Gasteiger partial charge is 0.336 e. The Balaban J connectivity index is 1.76. The lowest BCUT2D eigenvalue weighted by Gasteiger charge is -2.38. The number of ether oxygens (including phenoxy) is 1. The van der Waals surface area contributed by atoms with E-state index in [1.807, 2.05) is 61.0 Å². The van der Waals surface area contributed by atoms with E-state index in [2.05, 4.69) is 43.5 Å². The molecule has 0 saturated carbocycles. The maximum atomic E-state index is 13.9. The molecule has 7 heteroatoms. The van der Waals surface area contributed by atoms with Crippen molar-refractivity contribution in [2.45, 2.75) is 71.0 Å². The van der Waals surface area contributed by atoms with Crippen molar-refractivity contribution in [1.29, 1.82) is 0 Å². The van der Waals surface area contributed by atoms with Gasteiger partial charge in [-0.3, -0.25) is 4.79 Å². The number of esters is 1. The molecule has 36 heavy (non-hydrogen) atoms. The van der Waals surface area contributed by atoms with E-state index in [0.29, 0.717) is 29.1 Å². The lowest BCUT2D eigenvalue weighted by molar-refractivity contribution is -0.149. The van der Waals surface area contributed by atoms with Crippen LogP contribution in [0.3, 0.4) is 0 Å². The van der Waals surface area contributed by atoms with Crippen molar-refractivity contribution in [1.82, 2.24) is 15.1 Å². The predicted molar refractivity (Wildman–Crippen MR) is 141 cm³/mol. The number of nitrogens with one attached hydrogen (secondary N) is 2. The van der Waals surface area contributed by atoms with E-state index in [4.69, 9.17) is 9.84 Å². The first-order valence-corrected chi connectivity index (χ1v) is 12.6. The van der Waals surface area contributed by atoms with Gasteiger partial charge in [0.15, 0.2) is 5.54 Å². The summed E-state index contributed by atoms with van der Waals surface area (Å²) in [6.45, 7) is 10.0. The van der Waals surface area contributed by atoms with Gasteiger partial charge >= 0.3 is 5.97 Å². The molecule has 0 radical (unpaired) electrons. The Morgan fingerprint density at radius 1 is 1.14 bits per heavy atom. The third-order valence-electron chi connectivity index (χ3n) is 7.32. The summed E-state index contributed by atoms with van der Waals surface area (Å²) >= 11 is 0. The van der Waals surface area contributed by atoms with Crippen molar-refractivity contribution in [3.63, 3.8) is 0 Å². The van der Waals surface area contributed by atoms with Crippen LogP contribution in [0.15, 0.2) is 54.6 Å². The van der Waals surface area contributed by atoms with Crippen LogP contribution in [0.25, 0.3) is 0 Å². The van der Waals surface area contributed by atoms with Crippen LogP contribution in [-0.2, 0) is 27.0 Å². The number of rotatable bonds is 7. The Morgan fingerprint density at radius 2 is 1.81 bits per heavy atom. The minimum Gasteiger partial charge on any atom is -0.467 e. The average molecular weight is 489 g/mol. The summed E-state index contributed by atoms with van der Waals surface area (Å²) in [5, 5.41) is 11.4. The highest BCUT2D eigenvalue weighted by Crippen LogP contribution is 2.41. The van der Waals surface area contributed by atoms with Crippen LogP contribution in [-0.4, -0.2) is 28.8 Å². The number of nitrogens with zero attached hydrogens (tertiary/aromatic N) is 2. The maximum Gasteiger partial charge on any atom is 0.336 e. The van der Waals surface area contributed by atoms with E-state index in [1.54, 1.807) is 0 Å². The molecule has 2 heterocycles. The molecule has 0 bridgehead atoms. The maximum absolute atomic E-state index is 13.9. The normalized spacial score (nSPS) is 17.9. The SMILES string of the molecule is CCc1ccc([C@@](CC)(NC(=O)c2c(C)nn3c2N[C@@H](c2ccccc2)CC3(C)C)C(=O)OC)cc1. The number of hydrogen-bond donors (Lipinski definition) is 2. The summed E-state index contributed by atoms with van der Waals surface area (Å²) in [5.41, 5.74) is 2.41. The molecule has 7 nitrogen and oxygen atoms in total. The van der Waals surface area contributed by atoms with Gasteiger partial charge in [0.2, 0.25) is 0 Å². The highest BCUT2D eigenvalue weighted by Gasteiger charge is 2.44. The first-order chi connectivity index (χ1) is 17.2. The Morgan fingerprint density at radius 3 is 2.39 bits per heavy atom. The molecule has 190 valence electrons. The largest absolute Gasteiger partial charge is 0.467 e. The molecule has 3 aromatic rings. The van der Waals surface area contributed by atoms with Crippen LogP contribution in [0.5, 0.6) is 0 Å². The Bertz CT molecular complexity index is 1250. The molecule has 0 saturated heterocycles. The summed E-state index contributed by atoms with van der Waals surface area (Å²) in [5.74, 6) is -0.208. The third kappa shape index (κ3) is 4.38. The fourth-order valence-corrected chi connectivity index (χ4v) is 5.19. The van der Waals surface area contributed by atoms with Crippen LogP contribution in [0.4, 0.5) is 5.82 Å². The summed E-state index contributed by atoms with van der Waals surface area (Å²) in [4.78, 5) is 27.1. The monoisotopic (exact) mass is 488 g/mol. The highest BCUT2D eigenvalue weighted by atomic mass is 16.5. The zero-order valence-electron chi connectivity index (χ0n) is 22.0. The van der Waals surface area contributed by atoms with Crippen LogP contribution >= 0.6 is 0 Å². The molecule has 1 aliphatic rings. The van der Waals surface area contributed by atoms with E-state index < -0.39 is 11.5 Å². The molecule has 0 spiro atoms. The molecular weight excluding hydrogens is 452 g/mol. The number of carbonyl (C=O) groups excluding carboxylic acids is 2. The number of benzene rings is 2. The minimum absolute atomic E-state index is 0.0227. The van der Waals surface area contributed by atoms with Gasteiger partial charge in [-0.15, -0.1) is 0 Å². The van der Waals surface area contributed by atoms with Gasteiger partial charge in [0.25, 0.3) is 5.91 Å². The predicted octanol–water partition coefficient (Wildman–Crippen LogP) is 5.25. The van der Waals surface area contributed by atoms with Gasteiger partial charge in [-0.1, -0.05) is 68.4 Å². The van der Waals surface area contributed by atoms with Gasteiger partial charge < -0.3 is 15.4 Å². The van der Waals surface area contributed by atoms with Crippen LogP contribution < -0.4 is 10.6 Å². The van der Waals surface area contributed by atoms with Crippen LogP contribution in [0.1, 0.15) is 79.3 Å². The molecule has 0 fully saturated rings. The van der Waals surface area contributed by atoms with Gasteiger partial charge in [0.1, 0.15) is 11.4 Å². The number of fused-ring (bicyclic) bond motifs is 1. The van der Waals surface area contributed by atoms with E-state index in [-0.39, 0.29) is 17.5 Å². The van der Waals surface area contributed by atoms with Crippen molar-refractivity contribution in [3.05, 3.63) is 82.5 Å². The molecule has 1 aromatic heterocycles. The molecule has 0 aliphatic carbocycles. The fourth-order valence-electron chi connectivity index (χ4n) is 5.19. The molecule has 2 atom stereocenters. The summed E-state index contributed by atoms with van der Waals surface area (Å²) in [6.07, 6.45) is 2.04. The summed E-state index contributed by atoms with van der Waals surface area (Å²) in [7, 11) is 1.35. The Hall–Kier alpha value is -3.61. The summed E-state index contributed by atoms with van der Waals surface area (Å²) < 4.78 is 7.10. The van der Waals surface area contributed by atoms with Crippen molar-refractivity contribution < 1.29 is 14.3 Å². The topological polar surface area (TPSA) is 85.3 Å². The Labute approximate surface area is 213 Å². The highest BCUT2D eigenvalue weighted by molar-refractivity contribution is 6.03. The van der Waals surface area contributed by atoms with Crippen LogP contribution in [0, 0.1) is 6.92 Å². The van der Waals surface area contributed by atoms with E-state index in [1.165, 1.54) is 7.11 Å². The first kappa shape index (κ1) is 25.5. The van der Waals surface area contributed by atoms with Gasteiger partial charge in [0, 0.05) is 0 Å². The van der Waals surface area contributed by atoms with Gasteiger partial charge in [-0.2, -0.15) is 5.10 Å². The molecule has 1 aliphatic heterocycles. The molecule has 4 rings (SSSR count). The second-order valence-corrected chi connectivity index (χ2v) is 10.1. The van der Waals surface area contributed by atoms with Gasteiger partial charge in [0.05, 0.1) is 24.4 Å². The number of aryl methyl sites for hydroxylation is 2. The first-order valence-electron chi connectivity index (χ1n) is 12.6. The Kier molecular flexibility index (Phi) is 6.94. The van der Waals surface area contributed by atoms with Gasteiger partial charge in [-0.05, 0) is 56.7 Å². The number of amides is 1. The second kappa shape index (κ2) is 9.80. The zero-order valence-corrected chi connectivity index (χ0v) is 22.0. The van der Waals surface area contributed by atoms with Crippen molar-refractivity contribution in [3.8, 4) is 0 Å². The van der Waals surface area contributed by atoms with E-state index in [0.717, 1.165) is 24.0 Å². The average Bonchev–Trinajstić information content (AvgIpc) is 3.24. The molecule has 0 unspecified atom stereocenters. The summed E-state index contributed by atoms with van der Waals surface area (Å²) in [6, 6.07) is 18.0. The van der Waals surface area contributed by atoms with E-state index in [9.17, 15) is 9.59 Å². The fraction of sp³-hybridized carbons (Fsp3) is 0.414. The zero-order chi connectivity index (χ0) is 26.1.